The van der Waals surface area contributed by atoms with Gasteiger partial charge in [0, 0.05) is 45.8 Å². The summed E-state index contributed by atoms with van der Waals surface area (Å²) in [6.07, 6.45) is 4.05. The Labute approximate surface area is 216 Å². The standard InChI is InChI=1S/C27H31F2N3O4Si/c1-37(2,3)9-8-34-17-32-14-20(13-30)25-24(6-7-31-27(25)32)36-26-22(28)11-19(12-23(26)29)10-21(33)5-4-18-15-35-16-18/h6-7,11-12,14,18H,4-5,8-10,15-17H2,1-3H3. The maximum Gasteiger partial charge on any atom is 0.198 e. The van der Waals surface area contributed by atoms with Crippen LogP contribution in [0.4, 0.5) is 8.78 Å². The zero-order valence-corrected chi connectivity index (χ0v) is 22.4. The molecule has 0 spiro atoms. The van der Waals surface area contributed by atoms with Gasteiger partial charge in [-0.3, -0.25) is 4.79 Å². The number of benzene rings is 1. The molecular weight excluding hydrogens is 496 g/mol. The fourth-order valence-corrected chi connectivity index (χ4v) is 4.81. The summed E-state index contributed by atoms with van der Waals surface area (Å²) in [6.45, 7) is 8.88. The summed E-state index contributed by atoms with van der Waals surface area (Å²) in [5, 5.41) is 10.0. The molecule has 0 unspecified atom stereocenters. The molecule has 0 N–H and O–H groups in total. The second-order valence-corrected chi connectivity index (χ2v) is 16.2. The minimum absolute atomic E-state index is 0.0552. The van der Waals surface area contributed by atoms with Crippen molar-refractivity contribution >= 4 is 24.9 Å². The monoisotopic (exact) mass is 527 g/mol. The number of carbonyl (C=O) groups excluding carboxylic acids is 1. The van der Waals surface area contributed by atoms with Gasteiger partial charge in [0.05, 0.1) is 24.2 Å². The molecule has 3 heterocycles. The van der Waals surface area contributed by atoms with E-state index in [4.69, 9.17) is 14.2 Å². The number of nitriles is 1. The van der Waals surface area contributed by atoms with Crippen LogP contribution in [-0.4, -0.2) is 43.2 Å². The van der Waals surface area contributed by atoms with Crippen molar-refractivity contribution in [2.45, 2.75) is 51.7 Å². The number of ketones is 1. The Morgan fingerprint density at radius 1 is 1.27 bits per heavy atom. The molecule has 0 radical (unpaired) electrons. The summed E-state index contributed by atoms with van der Waals surface area (Å²) in [6, 6.07) is 6.78. The molecule has 0 amide bonds. The van der Waals surface area contributed by atoms with E-state index in [9.17, 15) is 18.8 Å². The van der Waals surface area contributed by atoms with Crippen molar-refractivity contribution in [1.29, 1.82) is 5.26 Å². The van der Waals surface area contributed by atoms with Crippen molar-refractivity contribution in [3.05, 3.63) is 53.4 Å². The molecule has 0 atom stereocenters. The quantitative estimate of drug-likeness (QED) is 0.218. The van der Waals surface area contributed by atoms with E-state index in [0.717, 1.165) is 18.2 Å². The van der Waals surface area contributed by atoms with Crippen LogP contribution < -0.4 is 4.74 Å². The summed E-state index contributed by atoms with van der Waals surface area (Å²) in [4.78, 5) is 16.6. The van der Waals surface area contributed by atoms with Crippen molar-refractivity contribution in [3.8, 4) is 17.6 Å². The fourth-order valence-electron chi connectivity index (χ4n) is 4.05. The number of aromatic nitrogens is 2. The van der Waals surface area contributed by atoms with Crippen molar-refractivity contribution < 1.29 is 27.8 Å². The summed E-state index contributed by atoms with van der Waals surface area (Å²) in [5.74, 6) is -2.04. The highest BCUT2D eigenvalue weighted by Gasteiger charge is 2.22. The van der Waals surface area contributed by atoms with Crippen LogP contribution in [0.2, 0.25) is 25.7 Å². The van der Waals surface area contributed by atoms with Gasteiger partial charge < -0.3 is 18.8 Å². The van der Waals surface area contributed by atoms with Gasteiger partial charge in [0.1, 0.15) is 30.0 Å². The Hall–Kier alpha value is -3.13. The highest BCUT2D eigenvalue weighted by Crippen LogP contribution is 2.35. The first-order valence-corrected chi connectivity index (χ1v) is 16.1. The molecule has 3 aromatic rings. The lowest BCUT2D eigenvalue weighted by molar-refractivity contribution is -0.119. The number of hydrogen-bond donors (Lipinski definition) is 0. The van der Waals surface area contributed by atoms with Crippen LogP contribution in [0, 0.1) is 28.9 Å². The highest BCUT2D eigenvalue weighted by atomic mass is 28.3. The zero-order chi connectivity index (χ0) is 26.6. The van der Waals surface area contributed by atoms with Crippen LogP contribution in [0.5, 0.6) is 11.5 Å². The van der Waals surface area contributed by atoms with E-state index in [1.807, 2.05) is 0 Å². The molecule has 0 aliphatic carbocycles. The first kappa shape index (κ1) is 26.9. The van der Waals surface area contributed by atoms with Gasteiger partial charge in [0.2, 0.25) is 0 Å². The van der Waals surface area contributed by atoms with Gasteiger partial charge in [-0.25, -0.2) is 13.8 Å². The smallest absolute Gasteiger partial charge is 0.198 e. The zero-order valence-electron chi connectivity index (χ0n) is 21.4. The second kappa shape index (κ2) is 11.5. The number of halogens is 2. The maximum atomic E-state index is 14.9. The summed E-state index contributed by atoms with van der Waals surface area (Å²) in [7, 11) is -1.25. The van der Waals surface area contributed by atoms with Crippen molar-refractivity contribution in [2.24, 2.45) is 5.92 Å². The number of hydrogen-bond acceptors (Lipinski definition) is 6. The minimum Gasteiger partial charge on any atom is -0.450 e. The molecule has 10 heteroatoms. The third-order valence-corrected chi connectivity index (χ3v) is 7.98. The van der Waals surface area contributed by atoms with Gasteiger partial charge in [-0.2, -0.15) is 5.26 Å². The number of Topliss-reactive ketones (excluding diaryl/α,β-unsaturated/α-hetero) is 1. The molecule has 1 aromatic carbocycles. The highest BCUT2D eigenvalue weighted by molar-refractivity contribution is 6.76. The number of ether oxygens (including phenoxy) is 3. The molecule has 1 fully saturated rings. The number of fused-ring (bicyclic) bond motifs is 1. The molecule has 2 aromatic heterocycles. The van der Waals surface area contributed by atoms with Crippen molar-refractivity contribution in [2.75, 3.05) is 19.8 Å². The Morgan fingerprint density at radius 3 is 2.62 bits per heavy atom. The van der Waals surface area contributed by atoms with Crippen LogP contribution in [0.3, 0.4) is 0 Å². The fraction of sp³-hybridized carbons (Fsp3) is 0.444. The van der Waals surface area contributed by atoms with Gasteiger partial charge in [-0.05, 0) is 36.2 Å². The number of nitrogens with zero attached hydrogens (tertiary/aromatic N) is 3. The molecule has 1 saturated heterocycles. The lowest BCUT2D eigenvalue weighted by Gasteiger charge is -2.25. The van der Waals surface area contributed by atoms with E-state index in [1.165, 1.54) is 12.3 Å². The first-order chi connectivity index (χ1) is 17.6. The van der Waals surface area contributed by atoms with Crippen molar-refractivity contribution in [3.63, 3.8) is 0 Å². The van der Waals surface area contributed by atoms with Crippen LogP contribution >= 0.6 is 0 Å². The second-order valence-electron chi connectivity index (χ2n) is 10.6. The van der Waals surface area contributed by atoms with Crippen LogP contribution in [0.25, 0.3) is 11.0 Å². The first-order valence-electron chi connectivity index (χ1n) is 12.4. The molecular formula is C27H31F2N3O4Si. The lowest BCUT2D eigenvalue weighted by atomic mass is 9.97. The van der Waals surface area contributed by atoms with Gasteiger partial charge in [-0.15, -0.1) is 0 Å². The van der Waals surface area contributed by atoms with E-state index in [2.05, 4.69) is 30.7 Å². The Morgan fingerprint density at radius 2 is 2.00 bits per heavy atom. The average Bonchev–Trinajstić information content (AvgIpc) is 3.16. The average molecular weight is 528 g/mol. The molecule has 1 aliphatic heterocycles. The molecule has 7 nitrogen and oxygen atoms in total. The topological polar surface area (TPSA) is 86.4 Å². The SMILES string of the molecule is C[Si](C)(C)CCOCn1cc(C#N)c2c(Oc3c(F)cc(CC(=O)CCC4COC4)cc3F)ccnc21. The molecule has 196 valence electrons. The van der Waals surface area contributed by atoms with Crippen molar-refractivity contribution in [1.82, 2.24) is 9.55 Å². The predicted octanol–water partition coefficient (Wildman–Crippen LogP) is 5.83. The third kappa shape index (κ3) is 6.80. The number of carbonyl (C=O) groups is 1. The van der Waals surface area contributed by atoms with E-state index < -0.39 is 25.5 Å². The van der Waals surface area contributed by atoms with Crippen LogP contribution in [0.15, 0.2) is 30.6 Å². The lowest BCUT2D eigenvalue weighted by Crippen LogP contribution is -2.28. The molecule has 0 saturated carbocycles. The third-order valence-electron chi connectivity index (χ3n) is 6.28. The summed E-state index contributed by atoms with van der Waals surface area (Å²) in [5.41, 5.74) is 0.921. The Balaban J connectivity index is 1.50. The minimum atomic E-state index is -1.25. The van der Waals surface area contributed by atoms with Gasteiger partial charge in [-0.1, -0.05) is 19.6 Å². The van der Waals surface area contributed by atoms with E-state index >= 15 is 0 Å². The van der Waals surface area contributed by atoms with Crippen LogP contribution in [-0.2, 0) is 27.4 Å². The Kier molecular flexibility index (Phi) is 8.37. The van der Waals surface area contributed by atoms with Crippen LogP contribution in [0.1, 0.15) is 24.0 Å². The maximum absolute atomic E-state index is 14.9. The largest absolute Gasteiger partial charge is 0.450 e. The predicted molar refractivity (Wildman–Crippen MR) is 137 cm³/mol. The Bertz CT molecular complexity index is 1300. The van der Waals surface area contributed by atoms with Gasteiger partial charge >= 0.3 is 0 Å². The molecule has 1 aliphatic rings. The summed E-state index contributed by atoms with van der Waals surface area (Å²) < 4.78 is 48.1. The van der Waals surface area contributed by atoms with E-state index in [-0.39, 0.29) is 35.8 Å². The normalized spacial score (nSPS) is 13.9. The van der Waals surface area contributed by atoms with Gasteiger partial charge in [0.15, 0.2) is 17.4 Å². The summed E-state index contributed by atoms with van der Waals surface area (Å²) >= 11 is 0. The van der Waals surface area contributed by atoms with E-state index in [1.54, 1.807) is 10.8 Å². The molecule has 37 heavy (non-hydrogen) atoms. The van der Waals surface area contributed by atoms with E-state index in [0.29, 0.717) is 49.6 Å². The number of pyridine rings is 1. The molecule has 4 rings (SSSR count). The van der Waals surface area contributed by atoms with Gasteiger partial charge in [0.25, 0.3) is 0 Å². The molecule has 0 bridgehead atoms. The number of rotatable bonds is 12.